The molecule has 0 spiro atoms. The number of benzene rings is 1. The molecule has 0 fully saturated rings. The van der Waals surface area contributed by atoms with E-state index in [1.54, 1.807) is 0 Å². The van der Waals surface area contributed by atoms with Crippen molar-refractivity contribution in [3.63, 3.8) is 0 Å². The smallest absolute Gasteiger partial charge is 0.135 e. The van der Waals surface area contributed by atoms with E-state index in [1.807, 2.05) is 6.07 Å². The molecule has 0 aliphatic carbocycles. The topological polar surface area (TPSA) is 33.4 Å². The Hall–Kier alpha value is -1.44. The fourth-order valence-electron chi connectivity index (χ4n) is 2.87. The molecule has 122 valence electrons. The predicted octanol–water partition coefficient (Wildman–Crippen LogP) is 6.03. The van der Waals surface area contributed by atoms with Crippen LogP contribution in [-0.4, -0.2) is 5.11 Å². The molecule has 0 saturated heterocycles. The molecular weight excluding hydrogens is 272 g/mol. The molecule has 0 bridgehead atoms. The van der Waals surface area contributed by atoms with Gasteiger partial charge < -0.3 is 9.52 Å². The summed E-state index contributed by atoms with van der Waals surface area (Å²) in [5, 5.41) is 12.0. The maximum atomic E-state index is 10.9. The maximum absolute atomic E-state index is 10.9. The van der Waals surface area contributed by atoms with E-state index < -0.39 is 0 Å². The van der Waals surface area contributed by atoms with Crippen molar-refractivity contribution in [2.24, 2.45) is 0 Å². The molecule has 0 atom stereocenters. The minimum absolute atomic E-state index is 0.0499. The lowest BCUT2D eigenvalue weighted by molar-refractivity contribution is 0.420. The number of hydrogen-bond donors (Lipinski definition) is 1. The van der Waals surface area contributed by atoms with Crippen LogP contribution in [0.1, 0.15) is 79.2 Å². The van der Waals surface area contributed by atoms with Gasteiger partial charge in [0.25, 0.3) is 0 Å². The molecule has 1 aromatic carbocycles. The fourth-order valence-corrected chi connectivity index (χ4v) is 2.87. The summed E-state index contributed by atoms with van der Waals surface area (Å²) in [7, 11) is 0. The summed E-state index contributed by atoms with van der Waals surface area (Å²) in [5.74, 6) is 1.37. The molecule has 1 heterocycles. The molecule has 0 aliphatic heterocycles. The highest BCUT2D eigenvalue weighted by Crippen LogP contribution is 2.45. The lowest BCUT2D eigenvalue weighted by Crippen LogP contribution is -2.17. The summed E-state index contributed by atoms with van der Waals surface area (Å²) < 4.78 is 6.15. The van der Waals surface area contributed by atoms with Gasteiger partial charge in [0.15, 0.2) is 0 Å². The second-order valence-electron chi connectivity index (χ2n) is 9.42. The average molecular weight is 302 g/mol. The number of phenolic OH excluding ortho intramolecular Hbond substituents is 1. The Morgan fingerprint density at radius 2 is 1.32 bits per heavy atom. The van der Waals surface area contributed by atoms with Crippen molar-refractivity contribution in [3.05, 3.63) is 29.0 Å². The maximum Gasteiger partial charge on any atom is 0.135 e. The van der Waals surface area contributed by atoms with Crippen LogP contribution in [0.2, 0.25) is 0 Å². The largest absolute Gasteiger partial charge is 0.507 e. The van der Waals surface area contributed by atoms with Gasteiger partial charge in [-0.05, 0) is 23.0 Å². The van der Waals surface area contributed by atoms with Crippen LogP contribution in [0, 0.1) is 0 Å². The number of phenols is 1. The molecular formula is C20H30O2. The fraction of sp³-hybridized carbons (Fsp3) is 0.600. The van der Waals surface area contributed by atoms with Gasteiger partial charge in [-0.2, -0.15) is 0 Å². The van der Waals surface area contributed by atoms with Crippen LogP contribution in [-0.2, 0) is 16.2 Å². The molecule has 1 N–H and O–H groups in total. The minimum atomic E-state index is -0.150. The monoisotopic (exact) mass is 302 g/mol. The first kappa shape index (κ1) is 16.9. The van der Waals surface area contributed by atoms with Crippen molar-refractivity contribution in [3.8, 4) is 5.75 Å². The van der Waals surface area contributed by atoms with Crippen molar-refractivity contribution in [2.45, 2.75) is 78.6 Å². The Balaban J connectivity index is 2.92. The van der Waals surface area contributed by atoms with Gasteiger partial charge in [0, 0.05) is 21.9 Å². The molecule has 0 radical (unpaired) electrons. The summed E-state index contributed by atoms with van der Waals surface area (Å²) in [6.45, 7) is 19.2. The third-order valence-electron chi connectivity index (χ3n) is 4.09. The van der Waals surface area contributed by atoms with Gasteiger partial charge in [-0.1, -0.05) is 62.3 Å². The van der Waals surface area contributed by atoms with Gasteiger partial charge in [0.1, 0.15) is 17.1 Å². The first-order chi connectivity index (χ1) is 9.73. The van der Waals surface area contributed by atoms with Crippen molar-refractivity contribution in [1.82, 2.24) is 0 Å². The van der Waals surface area contributed by atoms with E-state index in [0.29, 0.717) is 5.75 Å². The quantitative estimate of drug-likeness (QED) is 0.644. The van der Waals surface area contributed by atoms with Gasteiger partial charge >= 0.3 is 0 Å². The Bertz CT molecular complexity index is 698. The van der Waals surface area contributed by atoms with Gasteiger partial charge in [0.2, 0.25) is 0 Å². The molecule has 0 amide bonds. The van der Waals surface area contributed by atoms with Gasteiger partial charge in [-0.15, -0.1) is 0 Å². The van der Waals surface area contributed by atoms with Crippen LogP contribution < -0.4 is 0 Å². The van der Waals surface area contributed by atoms with Crippen molar-refractivity contribution in [1.29, 1.82) is 0 Å². The molecule has 22 heavy (non-hydrogen) atoms. The minimum Gasteiger partial charge on any atom is -0.507 e. The van der Waals surface area contributed by atoms with E-state index in [-0.39, 0.29) is 16.2 Å². The van der Waals surface area contributed by atoms with Crippen LogP contribution in [0.4, 0.5) is 0 Å². The average Bonchev–Trinajstić information content (AvgIpc) is 2.67. The SMILES string of the molecule is CC(C)(C)c1cc2c(C(C)(C)C)c(O)c(C(C)(C)C)cc2o1. The lowest BCUT2D eigenvalue weighted by atomic mass is 9.78. The van der Waals surface area contributed by atoms with Crippen LogP contribution in [0.25, 0.3) is 11.0 Å². The normalized spacial score (nSPS) is 13.9. The molecule has 2 nitrogen and oxygen atoms in total. The number of furan rings is 1. The Morgan fingerprint density at radius 1 is 0.773 bits per heavy atom. The third kappa shape index (κ3) is 2.88. The predicted molar refractivity (Wildman–Crippen MR) is 94.0 cm³/mol. The van der Waals surface area contributed by atoms with Gasteiger partial charge in [-0.25, -0.2) is 0 Å². The van der Waals surface area contributed by atoms with E-state index in [9.17, 15) is 5.11 Å². The highest BCUT2D eigenvalue weighted by molar-refractivity contribution is 5.87. The van der Waals surface area contributed by atoms with Crippen LogP contribution in [0.3, 0.4) is 0 Å². The van der Waals surface area contributed by atoms with E-state index in [1.165, 1.54) is 0 Å². The van der Waals surface area contributed by atoms with E-state index in [2.05, 4.69) is 68.4 Å². The molecule has 0 aliphatic rings. The lowest BCUT2D eigenvalue weighted by Gasteiger charge is -2.27. The zero-order valence-electron chi connectivity index (χ0n) is 15.5. The zero-order chi connectivity index (χ0) is 17.1. The van der Waals surface area contributed by atoms with Crippen molar-refractivity contribution >= 4 is 11.0 Å². The van der Waals surface area contributed by atoms with Crippen molar-refractivity contribution in [2.75, 3.05) is 0 Å². The molecule has 0 saturated carbocycles. The Labute approximate surface area is 134 Å². The second kappa shape index (κ2) is 4.78. The van der Waals surface area contributed by atoms with E-state index in [0.717, 1.165) is 27.9 Å². The summed E-state index contributed by atoms with van der Waals surface area (Å²) in [4.78, 5) is 0. The van der Waals surface area contributed by atoms with Gasteiger partial charge in [0.05, 0.1) is 0 Å². The second-order valence-corrected chi connectivity index (χ2v) is 9.42. The summed E-state index contributed by atoms with van der Waals surface area (Å²) in [6.07, 6.45) is 0. The summed E-state index contributed by atoms with van der Waals surface area (Å²) >= 11 is 0. The molecule has 0 unspecified atom stereocenters. The molecule has 2 aromatic rings. The summed E-state index contributed by atoms with van der Waals surface area (Å²) in [6, 6.07) is 4.11. The van der Waals surface area contributed by atoms with E-state index in [4.69, 9.17) is 4.42 Å². The number of fused-ring (bicyclic) bond motifs is 1. The highest BCUT2D eigenvalue weighted by Gasteiger charge is 2.30. The Morgan fingerprint density at radius 3 is 1.73 bits per heavy atom. The number of hydrogen-bond acceptors (Lipinski definition) is 2. The van der Waals surface area contributed by atoms with Crippen molar-refractivity contribution < 1.29 is 9.52 Å². The molecule has 2 heteroatoms. The third-order valence-corrected chi connectivity index (χ3v) is 4.09. The first-order valence-electron chi connectivity index (χ1n) is 8.04. The Kier molecular flexibility index (Phi) is 3.67. The van der Waals surface area contributed by atoms with Crippen LogP contribution in [0.15, 0.2) is 16.5 Å². The number of rotatable bonds is 0. The van der Waals surface area contributed by atoms with Crippen LogP contribution in [0.5, 0.6) is 5.75 Å². The first-order valence-corrected chi connectivity index (χ1v) is 8.04. The molecule has 2 rings (SSSR count). The summed E-state index contributed by atoms with van der Waals surface area (Å²) in [5.41, 5.74) is 2.47. The standard InChI is InChI=1S/C20H30O2/c1-18(2,3)13-11-14-12(10-15(22-14)19(4,5)6)16(17(13)21)20(7,8)9/h10-11,21H,1-9H3. The number of aromatic hydroxyl groups is 1. The highest BCUT2D eigenvalue weighted by atomic mass is 16.3. The molecule has 1 aromatic heterocycles. The van der Waals surface area contributed by atoms with Crippen LogP contribution >= 0.6 is 0 Å². The zero-order valence-corrected chi connectivity index (χ0v) is 15.5. The van der Waals surface area contributed by atoms with E-state index >= 15 is 0 Å². The van der Waals surface area contributed by atoms with Gasteiger partial charge in [-0.3, -0.25) is 0 Å².